The minimum atomic E-state index is -4.15. The molecular weight excluding hydrogens is 281 g/mol. The highest BCUT2D eigenvalue weighted by molar-refractivity contribution is 7.38. The van der Waals surface area contributed by atoms with Crippen molar-refractivity contribution in [2.75, 3.05) is 0 Å². The molecule has 1 aliphatic carbocycles. The number of thiophene rings is 1. The van der Waals surface area contributed by atoms with E-state index < -0.39 is 16.0 Å². The highest BCUT2D eigenvalue weighted by atomic mass is 32.2. The maximum absolute atomic E-state index is 13.5. The molecule has 1 unspecified atom stereocenters. The summed E-state index contributed by atoms with van der Waals surface area (Å²) in [6.45, 7) is 1.93. The van der Waals surface area contributed by atoms with Gasteiger partial charge in [-0.25, -0.2) is 0 Å². The van der Waals surface area contributed by atoms with E-state index in [4.69, 9.17) is 0 Å². The molecule has 2 aromatic rings. The summed E-state index contributed by atoms with van der Waals surface area (Å²) in [5, 5.41) is 0.784. The third kappa shape index (κ3) is 2.46. The molecule has 108 valence electrons. The first-order chi connectivity index (χ1) is 9.47. The van der Waals surface area contributed by atoms with Gasteiger partial charge in [0.2, 0.25) is 0 Å². The van der Waals surface area contributed by atoms with E-state index in [0.717, 1.165) is 43.1 Å². The summed E-state index contributed by atoms with van der Waals surface area (Å²) in [6, 6.07) is 7.18. The normalized spacial score (nSPS) is 18.7. The number of fused-ring (bicyclic) bond motifs is 1. The summed E-state index contributed by atoms with van der Waals surface area (Å²) in [6.07, 6.45) is 5.12. The fourth-order valence-corrected chi connectivity index (χ4v) is 5.38. The Morgan fingerprint density at radius 3 is 2.40 bits per heavy atom. The van der Waals surface area contributed by atoms with Gasteiger partial charge >= 0.3 is 5.51 Å². The Balaban J connectivity index is 2.18. The maximum atomic E-state index is 13.5. The predicted molar refractivity (Wildman–Crippen MR) is 78.3 cm³/mol. The van der Waals surface area contributed by atoms with Gasteiger partial charge in [-0.1, -0.05) is 30.9 Å². The fraction of sp³-hybridized carbons (Fsp3) is 0.500. The van der Waals surface area contributed by atoms with Crippen molar-refractivity contribution in [3.63, 3.8) is 0 Å². The summed E-state index contributed by atoms with van der Waals surface area (Å²) < 4.78 is 41.0. The zero-order valence-electron chi connectivity index (χ0n) is 11.5. The molecule has 1 atom stereocenters. The van der Waals surface area contributed by atoms with Crippen LogP contribution < -0.4 is 0 Å². The lowest BCUT2D eigenvalue weighted by Gasteiger charge is -2.18. The molecule has 1 aromatic heterocycles. The molecule has 0 spiro atoms. The molecule has 20 heavy (non-hydrogen) atoms. The van der Waals surface area contributed by atoms with E-state index in [1.165, 1.54) is 0 Å². The van der Waals surface area contributed by atoms with Gasteiger partial charge in [0.05, 0.1) is 10.5 Å². The molecule has 1 saturated carbocycles. The van der Waals surface area contributed by atoms with Gasteiger partial charge in [-0.05, 0) is 31.9 Å². The third-order valence-corrected chi connectivity index (χ3v) is 6.35. The largest absolute Gasteiger partial charge is 0.600 e. The van der Waals surface area contributed by atoms with Crippen molar-refractivity contribution in [1.82, 2.24) is 0 Å². The Bertz CT molecular complexity index is 618. The zero-order chi connectivity index (χ0) is 14.3. The van der Waals surface area contributed by atoms with Crippen molar-refractivity contribution < 1.29 is 13.2 Å². The molecule has 0 radical (unpaired) electrons. The fourth-order valence-electron chi connectivity index (χ4n) is 3.24. The Morgan fingerprint density at radius 1 is 1.05 bits per heavy atom. The lowest BCUT2D eigenvalue weighted by molar-refractivity contribution is -0.0868. The standard InChI is InChI=1S/C16H18F3S/c1-11-7-8-14-13(9-11)10-15(20(14)16(17,18)19)12-5-3-2-4-6-12/h7-10,12H,2-6H2,1H3/q+1. The molecule has 1 fully saturated rings. The number of alkyl halides is 3. The van der Waals surface area contributed by atoms with Crippen molar-refractivity contribution in [3.8, 4) is 0 Å². The number of hydrogen-bond donors (Lipinski definition) is 0. The number of halogens is 3. The molecule has 0 aliphatic heterocycles. The minimum Gasteiger partial charge on any atom is -0.118 e. The van der Waals surface area contributed by atoms with Gasteiger partial charge in [-0.3, -0.25) is 0 Å². The van der Waals surface area contributed by atoms with Crippen molar-refractivity contribution in [2.24, 2.45) is 0 Å². The van der Waals surface area contributed by atoms with E-state index in [9.17, 15) is 13.2 Å². The van der Waals surface area contributed by atoms with Crippen LogP contribution in [-0.4, -0.2) is 0 Å². The second-order valence-corrected chi connectivity index (χ2v) is 7.66. The lowest BCUT2D eigenvalue weighted by Crippen LogP contribution is -2.06. The smallest absolute Gasteiger partial charge is 0.118 e. The Morgan fingerprint density at radius 2 is 1.75 bits per heavy atom. The van der Waals surface area contributed by atoms with Gasteiger partial charge in [0.25, 0.3) is 0 Å². The van der Waals surface area contributed by atoms with E-state index in [0.29, 0.717) is 9.58 Å². The van der Waals surface area contributed by atoms with Gasteiger partial charge < -0.3 is 0 Å². The van der Waals surface area contributed by atoms with Crippen molar-refractivity contribution in [2.45, 2.75) is 50.5 Å². The molecule has 1 aliphatic rings. The topological polar surface area (TPSA) is 0 Å². The average molecular weight is 299 g/mol. The second-order valence-electron chi connectivity index (χ2n) is 5.67. The molecule has 0 nitrogen and oxygen atoms in total. The van der Waals surface area contributed by atoms with Crippen molar-refractivity contribution in [3.05, 3.63) is 34.7 Å². The van der Waals surface area contributed by atoms with Crippen LogP contribution in [0, 0.1) is 6.92 Å². The van der Waals surface area contributed by atoms with Crippen LogP contribution in [0.3, 0.4) is 0 Å². The molecule has 1 aromatic carbocycles. The Hall–Kier alpha value is -1.03. The molecule has 4 heteroatoms. The predicted octanol–water partition coefficient (Wildman–Crippen LogP) is 6.42. The van der Waals surface area contributed by atoms with Crippen molar-refractivity contribution >= 4 is 20.6 Å². The Kier molecular flexibility index (Phi) is 3.53. The maximum Gasteiger partial charge on any atom is 0.600 e. The zero-order valence-corrected chi connectivity index (χ0v) is 12.3. The summed E-state index contributed by atoms with van der Waals surface area (Å²) in [5.41, 5.74) is -3.13. The summed E-state index contributed by atoms with van der Waals surface area (Å²) >= 11 is 0. The summed E-state index contributed by atoms with van der Waals surface area (Å²) in [4.78, 5) is 0.637. The first-order valence-corrected chi connectivity index (χ1v) is 8.32. The van der Waals surface area contributed by atoms with E-state index in [1.807, 2.05) is 19.1 Å². The van der Waals surface area contributed by atoms with Gasteiger partial charge in [0, 0.05) is 17.4 Å². The van der Waals surface area contributed by atoms with Crippen LogP contribution in [0.5, 0.6) is 0 Å². The Labute approximate surface area is 119 Å². The molecule has 0 saturated heterocycles. The average Bonchev–Trinajstić information content (AvgIpc) is 2.78. The quantitative estimate of drug-likeness (QED) is 0.533. The van der Waals surface area contributed by atoms with Gasteiger partial charge in [-0.2, -0.15) is 0 Å². The second kappa shape index (κ2) is 5.06. The summed E-state index contributed by atoms with van der Waals surface area (Å²) in [7, 11) is -1.70. The van der Waals surface area contributed by atoms with Crippen molar-refractivity contribution in [1.29, 1.82) is 0 Å². The molecule has 3 rings (SSSR count). The molecule has 0 bridgehead atoms. The first kappa shape index (κ1) is 13.9. The van der Waals surface area contributed by atoms with E-state index in [-0.39, 0.29) is 5.92 Å². The first-order valence-electron chi connectivity index (χ1n) is 7.10. The lowest BCUT2D eigenvalue weighted by atomic mass is 9.88. The van der Waals surface area contributed by atoms with Gasteiger partial charge in [-0.15, -0.1) is 13.2 Å². The van der Waals surface area contributed by atoms with Crippen LogP contribution in [0.4, 0.5) is 13.2 Å². The van der Waals surface area contributed by atoms with E-state index in [2.05, 4.69) is 0 Å². The van der Waals surface area contributed by atoms with Crippen LogP contribution in [0.1, 0.15) is 48.5 Å². The molecule has 0 amide bonds. The third-order valence-electron chi connectivity index (χ3n) is 4.16. The highest BCUT2D eigenvalue weighted by Gasteiger charge is 2.49. The minimum absolute atomic E-state index is 0.126. The number of hydrogen-bond acceptors (Lipinski definition) is 0. The number of rotatable bonds is 1. The highest BCUT2D eigenvalue weighted by Crippen LogP contribution is 2.55. The SMILES string of the molecule is Cc1ccc2c(c1)cc(C1CCCCC1)[s+]2C(F)(F)F. The van der Waals surface area contributed by atoms with Gasteiger partial charge in [0.1, 0.15) is 0 Å². The van der Waals surface area contributed by atoms with Crippen LogP contribution in [-0.2, 0) is 5.51 Å². The summed E-state index contributed by atoms with van der Waals surface area (Å²) in [5.74, 6) is 0.126. The van der Waals surface area contributed by atoms with E-state index >= 15 is 0 Å². The number of aryl methyl sites for hydroxylation is 1. The van der Waals surface area contributed by atoms with Crippen LogP contribution in [0.2, 0.25) is 0 Å². The molecule has 1 heterocycles. The molecular formula is C16H18F3S+. The van der Waals surface area contributed by atoms with Crippen LogP contribution in [0.15, 0.2) is 24.3 Å². The monoisotopic (exact) mass is 299 g/mol. The molecule has 0 N–H and O–H groups in total. The van der Waals surface area contributed by atoms with E-state index in [1.54, 1.807) is 12.1 Å². The van der Waals surface area contributed by atoms with Crippen LogP contribution in [0.25, 0.3) is 10.1 Å². The number of benzene rings is 1. The van der Waals surface area contributed by atoms with Crippen LogP contribution >= 0.6 is 10.5 Å². The van der Waals surface area contributed by atoms with Gasteiger partial charge in [0.15, 0.2) is 9.58 Å².